The maximum Gasteiger partial charge on any atom is 0.188 e. The number of benzene rings is 1. The van der Waals surface area contributed by atoms with Gasteiger partial charge in [0.1, 0.15) is 6.61 Å². The van der Waals surface area contributed by atoms with Crippen LogP contribution in [-0.2, 0) is 9.47 Å². The van der Waals surface area contributed by atoms with Crippen LogP contribution in [-0.4, -0.2) is 46.9 Å². The number of ketones is 1. The zero-order valence-corrected chi connectivity index (χ0v) is 10.9. The summed E-state index contributed by atoms with van der Waals surface area (Å²) in [6, 6.07) is 5.02. The van der Waals surface area contributed by atoms with E-state index in [2.05, 4.69) is 0 Å². The van der Waals surface area contributed by atoms with Crippen molar-refractivity contribution in [2.45, 2.75) is 0 Å². The summed E-state index contributed by atoms with van der Waals surface area (Å²) < 4.78 is 20.2. The molecule has 0 radical (unpaired) electrons. The van der Waals surface area contributed by atoms with E-state index < -0.39 is 0 Å². The minimum atomic E-state index is -0.105. The molecule has 0 heterocycles. The molecule has 0 unspecified atom stereocenters. The molecule has 5 heteroatoms. The van der Waals surface area contributed by atoms with E-state index in [9.17, 15) is 4.79 Å². The molecule has 100 valence electrons. The van der Waals surface area contributed by atoms with Gasteiger partial charge >= 0.3 is 0 Å². The summed E-state index contributed by atoms with van der Waals surface area (Å²) in [5.74, 6) is 1.02. The summed E-state index contributed by atoms with van der Waals surface area (Å²) >= 11 is 0. The fraction of sp³-hybridized carbons (Fsp3) is 0.462. The van der Waals surface area contributed by atoms with Crippen molar-refractivity contribution >= 4 is 5.78 Å². The lowest BCUT2D eigenvalue weighted by molar-refractivity contribution is 0.0576. The van der Waals surface area contributed by atoms with Gasteiger partial charge in [0.25, 0.3) is 0 Å². The highest BCUT2D eigenvalue weighted by atomic mass is 16.5. The molecule has 0 saturated heterocycles. The van der Waals surface area contributed by atoms with Crippen molar-refractivity contribution in [3.8, 4) is 11.5 Å². The van der Waals surface area contributed by atoms with E-state index in [-0.39, 0.29) is 12.4 Å². The van der Waals surface area contributed by atoms with Crippen LogP contribution in [0.15, 0.2) is 18.2 Å². The number of Topliss-reactive ketones (excluding diaryl/α,β-unsaturated/α-hetero) is 1. The lowest BCUT2D eigenvalue weighted by Gasteiger charge is -2.09. The van der Waals surface area contributed by atoms with Crippen molar-refractivity contribution in [1.82, 2.24) is 0 Å². The van der Waals surface area contributed by atoms with Gasteiger partial charge in [-0.05, 0) is 18.2 Å². The lowest BCUT2D eigenvalue weighted by Crippen LogP contribution is -2.12. The Bertz CT molecular complexity index is 389. The average Bonchev–Trinajstić information content (AvgIpc) is 2.42. The highest BCUT2D eigenvalue weighted by Gasteiger charge is 2.10. The first-order valence-corrected chi connectivity index (χ1v) is 5.54. The van der Waals surface area contributed by atoms with Crippen LogP contribution >= 0.6 is 0 Å². The molecule has 5 nitrogen and oxygen atoms in total. The molecule has 0 amide bonds. The molecule has 0 aliphatic heterocycles. The van der Waals surface area contributed by atoms with Gasteiger partial charge in [-0.2, -0.15) is 0 Å². The van der Waals surface area contributed by atoms with Crippen molar-refractivity contribution < 1.29 is 23.7 Å². The van der Waals surface area contributed by atoms with E-state index >= 15 is 0 Å². The molecule has 18 heavy (non-hydrogen) atoms. The maximum atomic E-state index is 11.8. The van der Waals surface area contributed by atoms with Crippen molar-refractivity contribution in [3.05, 3.63) is 23.8 Å². The Morgan fingerprint density at radius 1 is 1.06 bits per heavy atom. The molecule has 0 bridgehead atoms. The summed E-state index contributed by atoms with van der Waals surface area (Å²) in [5.41, 5.74) is 0.532. The van der Waals surface area contributed by atoms with Crippen LogP contribution in [0.2, 0.25) is 0 Å². The van der Waals surface area contributed by atoms with Gasteiger partial charge in [-0.15, -0.1) is 0 Å². The van der Waals surface area contributed by atoms with E-state index in [1.165, 1.54) is 7.11 Å². The summed E-state index contributed by atoms with van der Waals surface area (Å²) in [4.78, 5) is 11.8. The topological polar surface area (TPSA) is 54.0 Å². The van der Waals surface area contributed by atoms with E-state index in [1.54, 1.807) is 32.4 Å². The number of rotatable bonds is 8. The molecule has 0 atom stereocenters. The summed E-state index contributed by atoms with van der Waals surface area (Å²) in [7, 11) is 4.66. The maximum absolute atomic E-state index is 11.8. The van der Waals surface area contributed by atoms with Gasteiger partial charge < -0.3 is 18.9 Å². The van der Waals surface area contributed by atoms with Gasteiger partial charge in [-0.1, -0.05) is 0 Å². The Morgan fingerprint density at radius 3 is 2.39 bits per heavy atom. The van der Waals surface area contributed by atoms with Crippen molar-refractivity contribution in [1.29, 1.82) is 0 Å². The standard InChI is InChI=1S/C13H18O5/c1-15-6-7-18-9-11(14)10-4-5-12(16-2)13(8-10)17-3/h4-5,8H,6-7,9H2,1-3H3. The summed E-state index contributed by atoms with van der Waals surface area (Å²) in [6.07, 6.45) is 0. The fourth-order valence-corrected chi connectivity index (χ4v) is 1.40. The minimum absolute atomic E-state index is 0.0266. The van der Waals surface area contributed by atoms with Crippen LogP contribution in [0, 0.1) is 0 Å². The van der Waals surface area contributed by atoms with Crippen LogP contribution in [0.3, 0.4) is 0 Å². The molecule has 0 aliphatic rings. The van der Waals surface area contributed by atoms with Crippen LogP contribution in [0.4, 0.5) is 0 Å². The molecule has 1 rings (SSSR count). The van der Waals surface area contributed by atoms with Crippen LogP contribution in [0.1, 0.15) is 10.4 Å². The number of hydrogen-bond acceptors (Lipinski definition) is 5. The average molecular weight is 254 g/mol. The Morgan fingerprint density at radius 2 is 1.78 bits per heavy atom. The van der Waals surface area contributed by atoms with E-state index in [0.717, 1.165) is 0 Å². The predicted molar refractivity (Wildman–Crippen MR) is 66.6 cm³/mol. The number of hydrogen-bond donors (Lipinski definition) is 0. The first kappa shape index (κ1) is 14.5. The monoisotopic (exact) mass is 254 g/mol. The molecule has 0 aliphatic carbocycles. The van der Waals surface area contributed by atoms with Crippen molar-refractivity contribution in [2.24, 2.45) is 0 Å². The van der Waals surface area contributed by atoms with E-state index in [0.29, 0.717) is 30.3 Å². The second-order valence-corrected chi connectivity index (χ2v) is 3.54. The largest absolute Gasteiger partial charge is 0.493 e. The third-order valence-corrected chi connectivity index (χ3v) is 2.37. The van der Waals surface area contributed by atoms with E-state index in [4.69, 9.17) is 18.9 Å². The Labute approximate surface area is 107 Å². The molecule has 0 aromatic heterocycles. The number of ether oxygens (including phenoxy) is 4. The van der Waals surface area contributed by atoms with Crippen LogP contribution in [0.5, 0.6) is 11.5 Å². The first-order chi connectivity index (χ1) is 8.72. The zero-order chi connectivity index (χ0) is 13.4. The normalized spacial score (nSPS) is 10.2. The Kier molecular flexibility index (Phi) is 6.18. The molecule has 0 saturated carbocycles. The summed E-state index contributed by atoms with van der Waals surface area (Å²) in [5, 5.41) is 0. The van der Waals surface area contributed by atoms with Crippen molar-refractivity contribution in [3.63, 3.8) is 0 Å². The fourth-order valence-electron chi connectivity index (χ4n) is 1.40. The highest BCUT2D eigenvalue weighted by molar-refractivity contribution is 5.97. The van der Waals surface area contributed by atoms with Crippen LogP contribution in [0.25, 0.3) is 0 Å². The van der Waals surface area contributed by atoms with Gasteiger partial charge in [0.15, 0.2) is 17.3 Å². The second-order valence-electron chi connectivity index (χ2n) is 3.54. The molecule has 0 spiro atoms. The quantitative estimate of drug-likeness (QED) is 0.520. The zero-order valence-electron chi connectivity index (χ0n) is 10.9. The third-order valence-electron chi connectivity index (χ3n) is 2.37. The molecule has 0 N–H and O–H groups in total. The van der Waals surface area contributed by atoms with Gasteiger partial charge in [0, 0.05) is 12.7 Å². The van der Waals surface area contributed by atoms with Gasteiger partial charge in [0.05, 0.1) is 27.4 Å². The SMILES string of the molecule is COCCOCC(=O)c1ccc(OC)c(OC)c1. The smallest absolute Gasteiger partial charge is 0.188 e. The number of carbonyl (C=O) groups excluding carboxylic acids is 1. The van der Waals surface area contributed by atoms with Gasteiger partial charge in [-0.25, -0.2) is 0 Å². The molecular weight excluding hydrogens is 236 g/mol. The number of carbonyl (C=O) groups is 1. The second kappa shape index (κ2) is 7.68. The van der Waals surface area contributed by atoms with E-state index in [1.807, 2.05) is 0 Å². The lowest BCUT2D eigenvalue weighted by atomic mass is 10.1. The summed E-state index contributed by atoms with van der Waals surface area (Å²) in [6.45, 7) is 0.896. The molecular formula is C13H18O5. The Balaban J connectivity index is 2.62. The molecule has 1 aromatic rings. The molecule has 0 fully saturated rings. The molecule has 1 aromatic carbocycles. The van der Waals surface area contributed by atoms with Gasteiger partial charge in [0.2, 0.25) is 0 Å². The minimum Gasteiger partial charge on any atom is -0.493 e. The highest BCUT2D eigenvalue weighted by Crippen LogP contribution is 2.27. The van der Waals surface area contributed by atoms with Gasteiger partial charge in [-0.3, -0.25) is 4.79 Å². The predicted octanol–water partition coefficient (Wildman–Crippen LogP) is 1.55. The third kappa shape index (κ3) is 4.01. The first-order valence-electron chi connectivity index (χ1n) is 5.54. The number of methoxy groups -OCH3 is 3. The van der Waals surface area contributed by atoms with Crippen molar-refractivity contribution in [2.75, 3.05) is 41.2 Å². The Hall–Kier alpha value is -1.59. The van der Waals surface area contributed by atoms with Crippen LogP contribution < -0.4 is 9.47 Å².